The van der Waals surface area contributed by atoms with Gasteiger partial charge in [-0.1, -0.05) is 11.8 Å². The lowest BCUT2D eigenvalue weighted by atomic mass is 10.3. The van der Waals surface area contributed by atoms with E-state index in [-0.39, 0.29) is 12.3 Å². The third-order valence-corrected chi connectivity index (χ3v) is 5.21. The lowest BCUT2D eigenvalue weighted by Gasteiger charge is -2.22. The maximum Gasteiger partial charge on any atom is 0.406 e. The summed E-state index contributed by atoms with van der Waals surface area (Å²) < 4.78 is 44.2. The number of thiophene rings is 1. The van der Waals surface area contributed by atoms with Crippen molar-refractivity contribution in [2.45, 2.75) is 17.7 Å². The zero-order chi connectivity index (χ0) is 17.9. The van der Waals surface area contributed by atoms with Crippen molar-refractivity contribution in [3.05, 3.63) is 41.9 Å². The van der Waals surface area contributed by atoms with Gasteiger partial charge in [0, 0.05) is 0 Å². The van der Waals surface area contributed by atoms with Gasteiger partial charge in [-0.2, -0.15) is 13.2 Å². The number of carbonyl (C=O) groups is 1. The fourth-order valence-corrected chi connectivity index (χ4v) is 3.98. The van der Waals surface area contributed by atoms with E-state index in [0.717, 1.165) is 26.9 Å². The summed E-state index contributed by atoms with van der Waals surface area (Å²) in [5, 5.41) is 2.43. The average Bonchev–Trinajstić information content (AvgIpc) is 3.21. The lowest BCUT2D eigenvalue weighted by molar-refractivity contribution is -0.161. The molecule has 0 N–H and O–H groups in total. The number of halogens is 3. The molecule has 0 aliphatic rings. The first kappa shape index (κ1) is 17.7. The Labute approximate surface area is 148 Å². The number of rotatable bonds is 6. The monoisotopic (exact) mass is 387 g/mol. The average molecular weight is 387 g/mol. The Morgan fingerprint density at radius 2 is 2.16 bits per heavy atom. The summed E-state index contributed by atoms with van der Waals surface area (Å²) in [5.41, 5.74) is 0.748. The number of aromatic nitrogens is 2. The molecule has 3 aromatic rings. The zero-order valence-electron chi connectivity index (χ0n) is 12.7. The quantitative estimate of drug-likeness (QED) is 0.473. The van der Waals surface area contributed by atoms with E-state index in [1.807, 2.05) is 11.4 Å². The Morgan fingerprint density at radius 1 is 1.32 bits per heavy atom. The molecule has 0 aliphatic carbocycles. The van der Waals surface area contributed by atoms with Crippen LogP contribution in [0.3, 0.4) is 0 Å². The van der Waals surface area contributed by atoms with E-state index in [4.69, 9.17) is 4.42 Å². The molecule has 3 heterocycles. The van der Waals surface area contributed by atoms with Crippen LogP contribution in [0.25, 0.3) is 10.2 Å². The molecule has 3 rings (SSSR count). The molecule has 0 unspecified atom stereocenters. The number of nitrogens with zero attached hydrogens (tertiary/aromatic N) is 3. The van der Waals surface area contributed by atoms with Crippen molar-refractivity contribution in [2.24, 2.45) is 0 Å². The summed E-state index contributed by atoms with van der Waals surface area (Å²) >= 11 is 2.52. The second-order valence-corrected chi connectivity index (χ2v) is 6.93. The Bertz CT molecular complexity index is 849. The first-order valence-electron chi connectivity index (χ1n) is 7.10. The summed E-state index contributed by atoms with van der Waals surface area (Å²) in [6.45, 7) is -1.56. The Kier molecular flexibility index (Phi) is 5.28. The molecule has 0 aromatic carbocycles. The van der Waals surface area contributed by atoms with Gasteiger partial charge in [-0.3, -0.25) is 4.79 Å². The van der Waals surface area contributed by atoms with E-state index in [2.05, 4.69) is 9.97 Å². The Balaban J connectivity index is 1.70. The van der Waals surface area contributed by atoms with Crippen LogP contribution in [0.5, 0.6) is 0 Å². The topological polar surface area (TPSA) is 59.2 Å². The molecule has 10 heteroatoms. The van der Waals surface area contributed by atoms with Crippen LogP contribution in [0, 0.1) is 0 Å². The van der Waals surface area contributed by atoms with Crippen LogP contribution >= 0.6 is 23.1 Å². The van der Waals surface area contributed by atoms with Crippen LogP contribution in [0.4, 0.5) is 13.2 Å². The van der Waals surface area contributed by atoms with Gasteiger partial charge in [-0.15, -0.1) is 11.3 Å². The highest BCUT2D eigenvalue weighted by molar-refractivity contribution is 8.00. The van der Waals surface area contributed by atoms with E-state index in [0.29, 0.717) is 10.8 Å². The summed E-state index contributed by atoms with van der Waals surface area (Å²) in [6, 6.07) is 4.92. The van der Waals surface area contributed by atoms with E-state index >= 15 is 0 Å². The van der Waals surface area contributed by atoms with E-state index in [1.54, 1.807) is 6.07 Å². The van der Waals surface area contributed by atoms with Crippen molar-refractivity contribution in [1.29, 1.82) is 0 Å². The summed E-state index contributed by atoms with van der Waals surface area (Å²) in [7, 11) is 0. The van der Waals surface area contributed by atoms with Crippen LogP contribution in [0.1, 0.15) is 5.76 Å². The maximum absolute atomic E-state index is 12.8. The van der Waals surface area contributed by atoms with Gasteiger partial charge in [0.2, 0.25) is 5.91 Å². The molecule has 0 aliphatic heterocycles. The van der Waals surface area contributed by atoms with Gasteiger partial charge in [0.15, 0.2) is 0 Å². The molecule has 5 nitrogen and oxygen atoms in total. The zero-order valence-corrected chi connectivity index (χ0v) is 14.3. The van der Waals surface area contributed by atoms with Crippen molar-refractivity contribution >= 4 is 39.2 Å². The number of alkyl halides is 3. The first-order valence-corrected chi connectivity index (χ1v) is 8.97. The van der Waals surface area contributed by atoms with E-state index < -0.39 is 18.6 Å². The summed E-state index contributed by atoms with van der Waals surface area (Å²) in [6.07, 6.45) is -1.75. The van der Waals surface area contributed by atoms with Crippen molar-refractivity contribution in [3.8, 4) is 0 Å². The van der Waals surface area contributed by atoms with Crippen LogP contribution < -0.4 is 0 Å². The molecular formula is C15H12F3N3O2S2. The highest BCUT2D eigenvalue weighted by atomic mass is 32.2. The van der Waals surface area contributed by atoms with Gasteiger partial charge in [0.05, 0.1) is 28.8 Å². The highest BCUT2D eigenvalue weighted by Crippen LogP contribution is 2.29. The molecular weight excluding hydrogens is 375 g/mol. The summed E-state index contributed by atoms with van der Waals surface area (Å²) in [4.78, 5) is 21.3. The molecule has 1 amide bonds. The van der Waals surface area contributed by atoms with Crippen LogP contribution in [-0.2, 0) is 11.3 Å². The van der Waals surface area contributed by atoms with Gasteiger partial charge < -0.3 is 9.32 Å². The molecule has 0 saturated heterocycles. The van der Waals surface area contributed by atoms with E-state index in [1.165, 1.54) is 30.0 Å². The van der Waals surface area contributed by atoms with Gasteiger partial charge >= 0.3 is 6.18 Å². The number of hydrogen-bond acceptors (Lipinski definition) is 6. The normalized spacial score (nSPS) is 11.8. The molecule has 0 spiro atoms. The number of thioether (sulfide) groups is 1. The SMILES string of the molecule is O=C(CSc1ncnc2ccsc12)N(Cc1ccco1)CC(F)(F)F. The number of carbonyl (C=O) groups excluding carboxylic acids is 1. The second kappa shape index (κ2) is 7.44. The largest absolute Gasteiger partial charge is 0.467 e. The molecule has 0 fully saturated rings. The predicted molar refractivity (Wildman–Crippen MR) is 88.3 cm³/mol. The smallest absolute Gasteiger partial charge is 0.406 e. The molecule has 0 radical (unpaired) electrons. The molecule has 132 valence electrons. The van der Waals surface area contributed by atoms with Gasteiger partial charge in [0.25, 0.3) is 0 Å². The van der Waals surface area contributed by atoms with Crippen molar-refractivity contribution in [2.75, 3.05) is 12.3 Å². The maximum atomic E-state index is 12.8. The third kappa shape index (κ3) is 4.73. The molecule has 3 aromatic heterocycles. The highest BCUT2D eigenvalue weighted by Gasteiger charge is 2.33. The van der Waals surface area contributed by atoms with Crippen LogP contribution in [0.2, 0.25) is 0 Å². The fraction of sp³-hybridized carbons (Fsp3) is 0.267. The number of fused-ring (bicyclic) bond motifs is 1. The van der Waals surface area contributed by atoms with Crippen molar-refractivity contribution in [1.82, 2.24) is 14.9 Å². The van der Waals surface area contributed by atoms with Crippen molar-refractivity contribution in [3.63, 3.8) is 0 Å². The molecule has 0 bridgehead atoms. The molecule has 0 atom stereocenters. The minimum absolute atomic E-state index is 0.152. The van der Waals surface area contributed by atoms with Gasteiger partial charge in [0.1, 0.15) is 23.7 Å². The molecule has 0 saturated carbocycles. The second-order valence-electron chi connectivity index (χ2n) is 5.05. The van der Waals surface area contributed by atoms with Crippen LogP contribution in [0.15, 0.2) is 45.6 Å². The number of amides is 1. The third-order valence-electron chi connectivity index (χ3n) is 3.19. The fourth-order valence-electron chi connectivity index (χ4n) is 2.13. The summed E-state index contributed by atoms with van der Waals surface area (Å²) in [5.74, 6) is -0.492. The Morgan fingerprint density at radius 3 is 2.88 bits per heavy atom. The first-order chi connectivity index (χ1) is 11.9. The number of furan rings is 1. The standard InChI is InChI=1S/C15H12F3N3O2S2/c16-15(17,18)8-21(6-10-2-1-4-23-10)12(22)7-25-14-13-11(3-5-24-13)19-9-20-14/h1-5,9H,6-8H2. The lowest BCUT2D eigenvalue weighted by Crippen LogP contribution is -2.39. The van der Waals surface area contributed by atoms with E-state index in [9.17, 15) is 18.0 Å². The van der Waals surface area contributed by atoms with Gasteiger partial charge in [-0.05, 0) is 23.6 Å². The minimum Gasteiger partial charge on any atom is -0.467 e. The van der Waals surface area contributed by atoms with Crippen molar-refractivity contribution < 1.29 is 22.4 Å². The Hall–Kier alpha value is -2.07. The predicted octanol–water partition coefficient (Wildman–Crippen LogP) is 3.97. The number of hydrogen-bond donors (Lipinski definition) is 0. The minimum atomic E-state index is -4.48. The van der Waals surface area contributed by atoms with Gasteiger partial charge in [-0.25, -0.2) is 9.97 Å². The van der Waals surface area contributed by atoms with Crippen LogP contribution in [-0.4, -0.2) is 39.2 Å². The molecule has 25 heavy (non-hydrogen) atoms.